The largest absolute Gasteiger partial charge is 0.508 e. The molecule has 0 saturated carbocycles. The lowest BCUT2D eigenvalue weighted by atomic mass is 9.85. The molecule has 0 amide bonds. The first-order valence-corrected chi connectivity index (χ1v) is 12.3. The van der Waals surface area contributed by atoms with Crippen molar-refractivity contribution in [1.29, 1.82) is 0 Å². The Morgan fingerprint density at radius 1 is 1.00 bits per heavy atom. The molecule has 13 nitrogen and oxygen atoms in total. The molecule has 0 spiro atoms. The molecule has 1 saturated heterocycles. The smallest absolute Gasteiger partial charge is 0.337 e. The van der Waals surface area contributed by atoms with Crippen molar-refractivity contribution >= 4 is 23.8 Å². The number of aliphatic hydroxyl groups excluding tert-OH is 4. The molecule has 2 aliphatic rings. The van der Waals surface area contributed by atoms with Gasteiger partial charge in [0.2, 0.25) is 6.29 Å². The van der Waals surface area contributed by atoms with E-state index in [-0.39, 0.29) is 35.5 Å². The van der Waals surface area contributed by atoms with Crippen LogP contribution in [0, 0.1) is 5.92 Å². The third kappa shape index (κ3) is 7.53. The number of aliphatic hydroxyl groups is 4. The van der Waals surface area contributed by atoms with Gasteiger partial charge in [0, 0.05) is 17.9 Å². The number of phenols is 1. The summed E-state index contributed by atoms with van der Waals surface area (Å²) in [6, 6.07) is 6.14. The maximum atomic E-state index is 12.7. The number of carbonyl (C=O) groups excluding carboxylic acids is 3. The molecule has 2 heterocycles. The monoisotopic (exact) mass is 564 g/mol. The third-order valence-electron chi connectivity index (χ3n) is 6.39. The molecule has 3 rings (SSSR count). The SMILES string of the molecule is COC(=O)C[C@@H]1C(C(=O)OC)=CO[C@@H](O[C@@H]2O[C@H](CO)[C@@H](O)[C@H](O)[C@H]2O)/C1=C\CC(=O)/C=C\c1ccc(O)cc1. The zero-order valence-corrected chi connectivity index (χ0v) is 21.8. The molecule has 0 unspecified atom stereocenters. The zero-order chi connectivity index (χ0) is 29.4. The van der Waals surface area contributed by atoms with Crippen molar-refractivity contribution in [1.82, 2.24) is 0 Å². The average Bonchev–Trinajstić information content (AvgIpc) is 2.96. The third-order valence-corrected chi connectivity index (χ3v) is 6.39. The highest BCUT2D eigenvalue weighted by atomic mass is 16.8. The molecule has 1 fully saturated rings. The van der Waals surface area contributed by atoms with Gasteiger partial charge in [0.15, 0.2) is 12.1 Å². The van der Waals surface area contributed by atoms with Crippen molar-refractivity contribution in [2.75, 3.05) is 20.8 Å². The normalized spacial score (nSPS) is 29.5. The molecular weight excluding hydrogens is 532 g/mol. The minimum atomic E-state index is -1.76. The molecule has 0 aromatic heterocycles. The summed E-state index contributed by atoms with van der Waals surface area (Å²) in [5, 5.41) is 49.5. The van der Waals surface area contributed by atoms with Crippen molar-refractivity contribution in [3.8, 4) is 5.75 Å². The molecule has 1 aromatic carbocycles. The number of rotatable bonds is 10. The van der Waals surface area contributed by atoms with E-state index in [2.05, 4.69) is 0 Å². The number of allylic oxidation sites excluding steroid dienone is 2. The van der Waals surface area contributed by atoms with Gasteiger partial charge in [0.25, 0.3) is 0 Å². The Morgan fingerprint density at radius 3 is 2.33 bits per heavy atom. The van der Waals surface area contributed by atoms with Crippen LogP contribution in [0.25, 0.3) is 6.08 Å². The summed E-state index contributed by atoms with van der Waals surface area (Å²) in [5.41, 5.74) is 0.708. The number of aromatic hydroxyl groups is 1. The lowest BCUT2D eigenvalue weighted by Crippen LogP contribution is -2.60. The van der Waals surface area contributed by atoms with Crippen molar-refractivity contribution in [2.24, 2.45) is 5.92 Å². The van der Waals surface area contributed by atoms with Crippen molar-refractivity contribution < 1.29 is 63.6 Å². The van der Waals surface area contributed by atoms with Crippen LogP contribution in [0.15, 0.2) is 53.8 Å². The van der Waals surface area contributed by atoms with Gasteiger partial charge < -0.3 is 49.2 Å². The Morgan fingerprint density at radius 2 is 1.70 bits per heavy atom. The molecule has 13 heteroatoms. The van der Waals surface area contributed by atoms with Crippen molar-refractivity contribution in [2.45, 2.75) is 49.8 Å². The van der Waals surface area contributed by atoms with E-state index in [1.807, 2.05) is 0 Å². The average molecular weight is 565 g/mol. The predicted molar refractivity (Wildman–Crippen MR) is 135 cm³/mol. The van der Waals surface area contributed by atoms with Crippen LogP contribution >= 0.6 is 0 Å². The lowest BCUT2D eigenvalue weighted by molar-refractivity contribution is -0.327. The molecule has 0 aliphatic carbocycles. The number of esters is 2. The van der Waals surface area contributed by atoms with Gasteiger partial charge in [-0.05, 0) is 23.8 Å². The van der Waals surface area contributed by atoms with Crippen LogP contribution in [0.5, 0.6) is 5.75 Å². The Hall–Kier alpha value is -3.59. The molecule has 5 N–H and O–H groups in total. The first-order chi connectivity index (χ1) is 19.1. The number of ether oxygens (including phenoxy) is 5. The van der Waals surface area contributed by atoms with Crippen LogP contribution in [-0.4, -0.2) is 101 Å². The lowest BCUT2D eigenvalue weighted by Gasteiger charge is -2.42. The maximum absolute atomic E-state index is 12.7. The van der Waals surface area contributed by atoms with Crippen molar-refractivity contribution in [3.05, 3.63) is 59.4 Å². The van der Waals surface area contributed by atoms with E-state index in [4.69, 9.17) is 23.7 Å². The molecule has 40 heavy (non-hydrogen) atoms. The van der Waals surface area contributed by atoms with Crippen molar-refractivity contribution in [3.63, 3.8) is 0 Å². The molecule has 0 radical (unpaired) electrons. The summed E-state index contributed by atoms with van der Waals surface area (Å²) < 4.78 is 26.3. The number of methoxy groups -OCH3 is 2. The first-order valence-electron chi connectivity index (χ1n) is 12.3. The summed E-state index contributed by atoms with van der Waals surface area (Å²) in [5.74, 6) is -2.85. The van der Waals surface area contributed by atoms with E-state index < -0.39 is 61.5 Å². The fourth-order valence-corrected chi connectivity index (χ4v) is 4.14. The van der Waals surface area contributed by atoms with Gasteiger partial charge >= 0.3 is 11.9 Å². The fraction of sp³-hybridized carbons (Fsp3) is 0.444. The van der Waals surface area contributed by atoms with Crippen LogP contribution in [0.2, 0.25) is 0 Å². The highest BCUT2D eigenvalue weighted by Crippen LogP contribution is 2.36. The minimum absolute atomic E-state index is 0.0695. The summed E-state index contributed by atoms with van der Waals surface area (Å²) in [6.45, 7) is -0.696. The molecule has 1 aromatic rings. The Bertz CT molecular complexity index is 1140. The maximum Gasteiger partial charge on any atom is 0.337 e. The standard InChI is InChI=1S/C27H32O13/c1-36-21(31)11-18-17(10-9-16(30)8-5-14-3-6-15(29)7-4-14)26(38-13-19(18)25(35)37-2)40-27-24(34)23(33)22(32)20(12-28)39-27/h3-8,10,13,18,20,22-24,26-29,32-34H,9,11-12H2,1-2H3/b8-5-,17-10-/t18-,20+,22+,23-,24+,26-,27-/m0/s1. The van der Waals surface area contributed by atoms with Crippen LogP contribution in [0.1, 0.15) is 18.4 Å². The first kappa shape index (κ1) is 30.9. The van der Waals surface area contributed by atoms with E-state index in [0.29, 0.717) is 5.56 Å². The summed E-state index contributed by atoms with van der Waals surface area (Å²) >= 11 is 0. The second-order valence-electron chi connectivity index (χ2n) is 9.00. The predicted octanol–water partition coefficient (Wildman–Crippen LogP) is -0.300. The summed E-state index contributed by atoms with van der Waals surface area (Å²) in [6.07, 6.45) is -4.78. The highest BCUT2D eigenvalue weighted by Gasteiger charge is 2.47. The fourth-order valence-electron chi connectivity index (χ4n) is 4.14. The van der Waals surface area contributed by atoms with Gasteiger partial charge in [-0.15, -0.1) is 0 Å². The molecular formula is C27H32O13. The number of phenolic OH excluding ortho intramolecular Hbond substituents is 1. The highest BCUT2D eigenvalue weighted by molar-refractivity contribution is 5.95. The number of hydrogen-bond acceptors (Lipinski definition) is 13. The van der Waals surface area contributed by atoms with Gasteiger partial charge in [-0.2, -0.15) is 0 Å². The number of ketones is 1. The molecule has 2 aliphatic heterocycles. The minimum Gasteiger partial charge on any atom is -0.508 e. The Kier molecular flexibility index (Phi) is 11.0. The molecule has 218 valence electrons. The van der Waals surface area contributed by atoms with Gasteiger partial charge in [0.05, 0.1) is 39.1 Å². The zero-order valence-electron chi connectivity index (χ0n) is 21.8. The number of carbonyl (C=O) groups is 3. The van der Waals surface area contributed by atoms with E-state index in [9.17, 15) is 39.9 Å². The molecule has 7 atom stereocenters. The Labute approximate surface area is 229 Å². The Balaban J connectivity index is 1.92. The van der Waals surface area contributed by atoms with Gasteiger partial charge in [0.1, 0.15) is 30.2 Å². The number of benzene rings is 1. The summed E-state index contributed by atoms with van der Waals surface area (Å²) in [4.78, 5) is 37.4. The molecule has 0 bridgehead atoms. The van der Waals surface area contributed by atoms with Gasteiger partial charge in [-0.25, -0.2) is 4.79 Å². The van der Waals surface area contributed by atoms with Crippen LogP contribution in [0.4, 0.5) is 0 Å². The van der Waals surface area contributed by atoms with E-state index in [1.54, 1.807) is 12.1 Å². The second-order valence-corrected chi connectivity index (χ2v) is 9.00. The van der Waals surface area contributed by atoms with E-state index in [0.717, 1.165) is 20.5 Å². The number of hydrogen-bond donors (Lipinski definition) is 5. The van der Waals surface area contributed by atoms with Gasteiger partial charge in [-0.1, -0.05) is 24.3 Å². The van der Waals surface area contributed by atoms with E-state index in [1.165, 1.54) is 30.4 Å². The van der Waals surface area contributed by atoms with Gasteiger partial charge in [-0.3, -0.25) is 9.59 Å². The second kappa shape index (κ2) is 14.2. The topological polar surface area (TPSA) is 199 Å². The summed E-state index contributed by atoms with van der Waals surface area (Å²) in [7, 11) is 2.29. The van der Waals surface area contributed by atoms with Crippen LogP contribution < -0.4 is 0 Å². The van der Waals surface area contributed by atoms with Crippen LogP contribution in [0.3, 0.4) is 0 Å². The van der Waals surface area contributed by atoms with Crippen LogP contribution in [-0.2, 0) is 38.1 Å². The van der Waals surface area contributed by atoms with E-state index >= 15 is 0 Å². The quantitative estimate of drug-likeness (QED) is 0.141.